The van der Waals surface area contributed by atoms with Crippen LogP contribution in [0.2, 0.25) is 0 Å². The molecule has 7 heteroatoms. The zero-order valence-corrected chi connectivity index (χ0v) is 12.0. The summed E-state index contributed by atoms with van der Waals surface area (Å²) < 4.78 is 15.2. The molecule has 0 N–H and O–H groups in total. The Morgan fingerprint density at radius 3 is 3.10 bits per heavy atom. The van der Waals surface area contributed by atoms with Crippen LogP contribution >= 0.6 is 11.7 Å². The Balaban J connectivity index is 1.71. The highest BCUT2D eigenvalue weighted by atomic mass is 32.1. The molecule has 4 rings (SSSR count). The lowest BCUT2D eigenvalue weighted by atomic mass is 10.1. The number of aromatic nitrogens is 4. The van der Waals surface area contributed by atoms with E-state index in [1.807, 2.05) is 18.2 Å². The molecule has 1 aromatic carbocycles. The molecular weight excluding hydrogens is 288 g/mol. The summed E-state index contributed by atoms with van der Waals surface area (Å²) in [7, 11) is 0. The van der Waals surface area contributed by atoms with E-state index in [1.54, 1.807) is 6.07 Å². The zero-order valence-electron chi connectivity index (χ0n) is 11.2. The molecule has 0 fully saturated rings. The van der Waals surface area contributed by atoms with Crippen LogP contribution < -0.4 is 5.56 Å². The van der Waals surface area contributed by atoms with E-state index in [-0.39, 0.29) is 5.56 Å². The first-order valence-electron chi connectivity index (χ1n) is 6.68. The molecule has 1 aliphatic rings. The van der Waals surface area contributed by atoms with Crippen molar-refractivity contribution in [2.45, 2.75) is 19.6 Å². The smallest absolute Gasteiger partial charge is 0.267 e. The van der Waals surface area contributed by atoms with Crippen molar-refractivity contribution in [2.24, 2.45) is 0 Å². The zero-order chi connectivity index (χ0) is 14.2. The van der Waals surface area contributed by atoms with E-state index in [1.165, 1.54) is 16.4 Å². The van der Waals surface area contributed by atoms with Crippen LogP contribution in [0, 0.1) is 0 Å². The van der Waals surface area contributed by atoms with E-state index in [2.05, 4.69) is 13.8 Å². The summed E-state index contributed by atoms with van der Waals surface area (Å²) in [5.74, 6) is 0. The van der Waals surface area contributed by atoms with Crippen LogP contribution in [0.3, 0.4) is 0 Å². The maximum Gasteiger partial charge on any atom is 0.267 e. The normalized spacial score (nSPS) is 14.3. The van der Waals surface area contributed by atoms with Crippen LogP contribution in [-0.4, -0.2) is 25.1 Å². The second-order valence-electron chi connectivity index (χ2n) is 5.00. The highest BCUT2D eigenvalue weighted by Gasteiger charge is 2.13. The van der Waals surface area contributed by atoms with E-state index in [9.17, 15) is 4.79 Å². The fourth-order valence-corrected chi connectivity index (χ4v) is 2.98. The average molecular weight is 300 g/mol. The minimum atomic E-state index is -0.101. The Morgan fingerprint density at radius 2 is 2.14 bits per heavy atom. The summed E-state index contributed by atoms with van der Waals surface area (Å²) in [5, 5.41) is 4.47. The first-order valence-corrected chi connectivity index (χ1v) is 7.41. The van der Waals surface area contributed by atoms with Gasteiger partial charge in [0.1, 0.15) is 11.0 Å². The van der Waals surface area contributed by atoms with Crippen LogP contribution in [0.5, 0.6) is 0 Å². The molecule has 0 unspecified atom stereocenters. The fraction of sp³-hybridized carbons (Fsp3) is 0.286. The predicted molar refractivity (Wildman–Crippen MR) is 78.4 cm³/mol. The van der Waals surface area contributed by atoms with Crippen molar-refractivity contribution < 1.29 is 4.74 Å². The highest BCUT2D eigenvalue weighted by Crippen LogP contribution is 2.15. The molecule has 0 spiro atoms. The standard InChI is InChI=1S/C14H12N4O2S/c19-14-6-10-8-20-4-3-11(10)15-18(14)7-9-1-2-12-13(5-9)17-21-16-12/h1-2,5-6H,3-4,7-8H2. The number of benzene rings is 1. The van der Waals surface area contributed by atoms with Crippen LogP contribution in [0.4, 0.5) is 0 Å². The molecular formula is C14H12N4O2S. The molecule has 0 bridgehead atoms. The van der Waals surface area contributed by atoms with Crippen molar-refractivity contribution in [3.63, 3.8) is 0 Å². The van der Waals surface area contributed by atoms with Gasteiger partial charge < -0.3 is 4.74 Å². The molecule has 6 nitrogen and oxygen atoms in total. The van der Waals surface area contributed by atoms with Crippen molar-refractivity contribution >= 4 is 22.8 Å². The summed E-state index contributed by atoms with van der Waals surface area (Å²) in [5.41, 5.74) is 4.50. The van der Waals surface area contributed by atoms with Crippen LogP contribution in [0.1, 0.15) is 16.8 Å². The van der Waals surface area contributed by atoms with Crippen LogP contribution in [-0.2, 0) is 24.3 Å². The largest absolute Gasteiger partial charge is 0.376 e. The molecule has 3 aromatic rings. The summed E-state index contributed by atoms with van der Waals surface area (Å²) in [6, 6.07) is 7.46. The van der Waals surface area contributed by atoms with Gasteiger partial charge in [0.25, 0.3) is 5.56 Å². The fourth-order valence-electron chi connectivity index (χ4n) is 2.46. The van der Waals surface area contributed by atoms with Gasteiger partial charge in [-0.15, -0.1) is 0 Å². The summed E-state index contributed by atoms with van der Waals surface area (Å²) in [6.45, 7) is 1.59. The molecule has 2 aromatic heterocycles. The number of hydrogen-bond acceptors (Lipinski definition) is 6. The summed E-state index contributed by atoms with van der Waals surface area (Å²) in [6.07, 6.45) is 0.755. The summed E-state index contributed by atoms with van der Waals surface area (Å²) in [4.78, 5) is 12.1. The Labute approximate surface area is 124 Å². The van der Waals surface area contributed by atoms with Gasteiger partial charge in [0.15, 0.2) is 0 Å². The Hall–Kier alpha value is -2.12. The topological polar surface area (TPSA) is 69.9 Å². The van der Waals surface area contributed by atoms with Crippen LogP contribution in [0.25, 0.3) is 11.0 Å². The molecule has 1 aliphatic heterocycles. The molecule has 21 heavy (non-hydrogen) atoms. The van der Waals surface area contributed by atoms with Gasteiger partial charge in [0, 0.05) is 18.1 Å². The number of hydrogen-bond donors (Lipinski definition) is 0. The molecule has 3 heterocycles. The van der Waals surface area contributed by atoms with Crippen molar-refractivity contribution in [1.82, 2.24) is 18.5 Å². The third-order valence-electron chi connectivity index (χ3n) is 3.56. The molecule has 106 valence electrons. The minimum absolute atomic E-state index is 0.101. The molecule has 0 aliphatic carbocycles. The molecule has 0 saturated carbocycles. The number of fused-ring (bicyclic) bond motifs is 2. The van der Waals surface area contributed by atoms with Gasteiger partial charge in [-0.1, -0.05) is 6.07 Å². The van der Waals surface area contributed by atoms with E-state index < -0.39 is 0 Å². The van der Waals surface area contributed by atoms with Crippen molar-refractivity contribution in [2.75, 3.05) is 6.61 Å². The van der Waals surface area contributed by atoms with Gasteiger partial charge in [-0.3, -0.25) is 4.79 Å². The van der Waals surface area contributed by atoms with Crippen molar-refractivity contribution in [1.29, 1.82) is 0 Å². The van der Waals surface area contributed by atoms with Gasteiger partial charge in [0.05, 0.1) is 37.2 Å². The van der Waals surface area contributed by atoms with Gasteiger partial charge in [-0.25, -0.2) is 4.68 Å². The number of nitrogens with zero attached hydrogens (tertiary/aromatic N) is 4. The minimum Gasteiger partial charge on any atom is -0.376 e. The lowest BCUT2D eigenvalue weighted by Crippen LogP contribution is -2.27. The van der Waals surface area contributed by atoms with E-state index in [0.29, 0.717) is 19.8 Å². The summed E-state index contributed by atoms with van der Waals surface area (Å²) >= 11 is 1.19. The maximum absolute atomic E-state index is 12.1. The van der Waals surface area contributed by atoms with E-state index >= 15 is 0 Å². The van der Waals surface area contributed by atoms with Gasteiger partial charge in [0.2, 0.25) is 0 Å². The molecule has 0 radical (unpaired) electrons. The van der Waals surface area contributed by atoms with Crippen molar-refractivity contribution in [3.8, 4) is 0 Å². The second-order valence-corrected chi connectivity index (χ2v) is 5.53. The Morgan fingerprint density at radius 1 is 1.24 bits per heavy atom. The maximum atomic E-state index is 12.1. The second kappa shape index (κ2) is 5.01. The average Bonchev–Trinajstić information content (AvgIpc) is 2.95. The SMILES string of the molecule is O=c1cc2c(nn1Cc1ccc3nsnc3c1)CCOC2. The first kappa shape index (κ1) is 12.6. The van der Waals surface area contributed by atoms with E-state index in [4.69, 9.17) is 4.74 Å². The van der Waals surface area contributed by atoms with Gasteiger partial charge in [-0.05, 0) is 17.7 Å². The number of ether oxygens (including phenoxy) is 1. The highest BCUT2D eigenvalue weighted by molar-refractivity contribution is 7.00. The van der Waals surface area contributed by atoms with Gasteiger partial charge >= 0.3 is 0 Å². The van der Waals surface area contributed by atoms with Crippen LogP contribution in [0.15, 0.2) is 29.1 Å². The lowest BCUT2D eigenvalue weighted by Gasteiger charge is -2.16. The van der Waals surface area contributed by atoms with Crippen molar-refractivity contribution in [3.05, 3.63) is 51.4 Å². The third-order valence-corrected chi connectivity index (χ3v) is 4.11. The Bertz CT molecular complexity index is 871. The van der Waals surface area contributed by atoms with Gasteiger partial charge in [-0.2, -0.15) is 13.8 Å². The molecule has 0 saturated heterocycles. The quantitative estimate of drug-likeness (QED) is 0.715. The monoisotopic (exact) mass is 300 g/mol. The lowest BCUT2D eigenvalue weighted by molar-refractivity contribution is 0.108. The van der Waals surface area contributed by atoms with E-state index in [0.717, 1.165) is 34.3 Å². The molecule has 0 amide bonds. The predicted octanol–water partition coefficient (Wildman–Crippen LogP) is 1.37. The molecule has 0 atom stereocenters. The first-order chi connectivity index (χ1) is 10.3. The number of rotatable bonds is 2. The third kappa shape index (κ3) is 2.34. The Kier molecular flexibility index (Phi) is 3.01.